The molecule has 0 atom stereocenters. The Hall–Kier alpha value is -3.25. The number of urea groups is 1. The van der Waals surface area contributed by atoms with Crippen molar-refractivity contribution in [2.75, 3.05) is 11.5 Å². The van der Waals surface area contributed by atoms with E-state index in [0.29, 0.717) is 40.6 Å². The van der Waals surface area contributed by atoms with Gasteiger partial charge in [-0.25, -0.2) is 9.69 Å². The summed E-state index contributed by atoms with van der Waals surface area (Å²) in [5, 5.41) is 13.3. The van der Waals surface area contributed by atoms with Crippen LogP contribution in [0.5, 0.6) is 11.5 Å². The molecule has 1 fully saturated rings. The Morgan fingerprint density at radius 3 is 2.75 bits per heavy atom. The Bertz CT molecular complexity index is 984. The molecule has 0 aliphatic carbocycles. The minimum atomic E-state index is -0.561. The van der Waals surface area contributed by atoms with Crippen molar-refractivity contribution in [3.05, 3.63) is 70.9 Å². The molecule has 2 aromatic carbocycles. The molecule has 1 heterocycles. The van der Waals surface area contributed by atoms with Gasteiger partial charge in [0.2, 0.25) is 0 Å². The molecule has 3 amide bonds. The summed E-state index contributed by atoms with van der Waals surface area (Å²) < 4.78 is 5.47. The molecule has 144 valence electrons. The Morgan fingerprint density at radius 2 is 2.07 bits per heavy atom. The van der Waals surface area contributed by atoms with Gasteiger partial charge in [-0.05, 0) is 55.3 Å². The number of imide groups is 1. The highest BCUT2D eigenvalue weighted by atomic mass is 35.5. The van der Waals surface area contributed by atoms with E-state index < -0.39 is 11.9 Å². The van der Waals surface area contributed by atoms with Gasteiger partial charge in [0.1, 0.15) is 5.70 Å². The minimum Gasteiger partial charge on any atom is -0.504 e. The Balaban J connectivity index is 1.98. The van der Waals surface area contributed by atoms with Crippen LogP contribution in [0.25, 0.3) is 6.08 Å². The topological polar surface area (TPSA) is 78.9 Å². The van der Waals surface area contributed by atoms with Gasteiger partial charge in [-0.15, -0.1) is 6.58 Å². The van der Waals surface area contributed by atoms with E-state index in [4.69, 9.17) is 16.3 Å². The van der Waals surface area contributed by atoms with E-state index in [1.807, 2.05) is 0 Å². The smallest absolute Gasteiger partial charge is 0.333 e. The Kier molecular flexibility index (Phi) is 5.70. The number of ether oxygens (including phenoxy) is 1. The van der Waals surface area contributed by atoms with Crippen molar-refractivity contribution in [1.29, 1.82) is 0 Å². The van der Waals surface area contributed by atoms with Crippen molar-refractivity contribution in [2.45, 2.75) is 13.3 Å². The van der Waals surface area contributed by atoms with Crippen molar-refractivity contribution >= 4 is 35.3 Å². The number of halogens is 1. The standard InChI is InChI=1S/C21H19ClN2O4/c1-3-6-14-9-13(11-18(19(14)25)28-4-2)10-17-20(26)24(21(27)23-17)16-8-5-7-15(22)12-16/h3,5,7-12,25H,1,4,6H2,2H3,(H,23,27). The molecule has 7 heteroatoms. The molecule has 3 rings (SSSR count). The molecule has 1 saturated heterocycles. The first-order valence-corrected chi connectivity index (χ1v) is 9.04. The fourth-order valence-electron chi connectivity index (χ4n) is 2.90. The predicted octanol–water partition coefficient (Wildman–Crippen LogP) is 4.27. The Labute approximate surface area is 167 Å². The van der Waals surface area contributed by atoms with Crippen LogP contribution in [0, 0.1) is 0 Å². The summed E-state index contributed by atoms with van der Waals surface area (Å²) in [6.45, 7) is 5.86. The summed E-state index contributed by atoms with van der Waals surface area (Å²) >= 11 is 5.96. The Morgan fingerprint density at radius 1 is 1.29 bits per heavy atom. The van der Waals surface area contributed by atoms with Gasteiger partial charge in [-0.1, -0.05) is 23.7 Å². The van der Waals surface area contributed by atoms with E-state index in [9.17, 15) is 14.7 Å². The molecular formula is C21H19ClN2O4. The second-order valence-electron chi connectivity index (χ2n) is 6.06. The van der Waals surface area contributed by atoms with Crippen LogP contribution < -0.4 is 15.0 Å². The van der Waals surface area contributed by atoms with Crippen LogP contribution in [-0.2, 0) is 11.2 Å². The first-order valence-electron chi connectivity index (χ1n) is 8.67. The zero-order chi connectivity index (χ0) is 20.3. The number of benzene rings is 2. The van der Waals surface area contributed by atoms with E-state index >= 15 is 0 Å². The molecule has 0 unspecified atom stereocenters. The van der Waals surface area contributed by atoms with Crippen molar-refractivity contribution < 1.29 is 19.4 Å². The number of aromatic hydroxyl groups is 1. The maximum absolute atomic E-state index is 12.8. The van der Waals surface area contributed by atoms with Crippen molar-refractivity contribution in [3.63, 3.8) is 0 Å². The van der Waals surface area contributed by atoms with Crippen LogP contribution in [0.4, 0.5) is 10.5 Å². The number of carbonyl (C=O) groups is 2. The lowest BCUT2D eigenvalue weighted by molar-refractivity contribution is -0.113. The van der Waals surface area contributed by atoms with Crippen LogP contribution in [-0.4, -0.2) is 23.7 Å². The SMILES string of the molecule is C=CCc1cc(C=C2NC(=O)N(c3cccc(Cl)c3)C2=O)cc(OCC)c1O. The summed E-state index contributed by atoms with van der Waals surface area (Å²) in [4.78, 5) is 26.1. The number of nitrogens with zero attached hydrogens (tertiary/aromatic N) is 1. The second kappa shape index (κ2) is 8.19. The number of hydrogen-bond donors (Lipinski definition) is 2. The lowest BCUT2D eigenvalue weighted by atomic mass is 10.0. The zero-order valence-corrected chi connectivity index (χ0v) is 16.0. The molecule has 6 nitrogen and oxygen atoms in total. The number of carbonyl (C=O) groups excluding carboxylic acids is 2. The molecule has 0 radical (unpaired) electrons. The first kappa shape index (κ1) is 19.5. The van der Waals surface area contributed by atoms with Gasteiger partial charge in [0.15, 0.2) is 11.5 Å². The lowest BCUT2D eigenvalue weighted by Gasteiger charge is -2.12. The molecule has 1 aliphatic rings. The number of anilines is 1. The number of rotatable bonds is 6. The first-order chi connectivity index (χ1) is 13.4. The quantitative estimate of drug-likeness (QED) is 0.432. The molecule has 2 aromatic rings. The monoisotopic (exact) mass is 398 g/mol. The summed E-state index contributed by atoms with van der Waals surface area (Å²) in [6.07, 6.45) is 3.63. The number of nitrogens with one attached hydrogen (secondary N) is 1. The fourth-order valence-corrected chi connectivity index (χ4v) is 3.09. The van der Waals surface area contributed by atoms with Crippen molar-refractivity contribution in [3.8, 4) is 11.5 Å². The molecule has 2 N–H and O–H groups in total. The van der Waals surface area contributed by atoms with E-state index in [1.54, 1.807) is 49.4 Å². The van der Waals surface area contributed by atoms with Crippen molar-refractivity contribution in [1.82, 2.24) is 5.32 Å². The molecule has 0 spiro atoms. The summed E-state index contributed by atoms with van der Waals surface area (Å²) in [6, 6.07) is 9.26. The zero-order valence-electron chi connectivity index (χ0n) is 15.2. The number of allylic oxidation sites excluding steroid dienone is 1. The van der Waals surface area contributed by atoms with Gasteiger partial charge in [0.05, 0.1) is 12.3 Å². The maximum atomic E-state index is 12.8. The maximum Gasteiger partial charge on any atom is 0.333 e. The van der Waals surface area contributed by atoms with Crippen LogP contribution in [0.1, 0.15) is 18.1 Å². The van der Waals surface area contributed by atoms with E-state index in [2.05, 4.69) is 11.9 Å². The molecule has 28 heavy (non-hydrogen) atoms. The third-order valence-corrected chi connectivity index (χ3v) is 4.33. The minimum absolute atomic E-state index is 0.0336. The van der Waals surface area contributed by atoms with Gasteiger partial charge in [0.25, 0.3) is 5.91 Å². The number of phenols is 1. The second-order valence-corrected chi connectivity index (χ2v) is 6.50. The molecule has 1 aliphatic heterocycles. The molecular weight excluding hydrogens is 380 g/mol. The normalized spacial score (nSPS) is 15.1. The highest BCUT2D eigenvalue weighted by Crippen LogP contribution is 2.33. The summed E-state index contributed by atoms with van der Waals surface area (Å²) in [5.41, 5.74) is 1.71. The van der Waals surface area contributed by atoms with E-state index in [1.165, 1.54) is 6.07 Å². The van der Waals surface area contributed by atoms with E-state index in [0.717, 1.165) is 4.90 Å². The summed E-state index contributed by atoms with van der Waals surface area (Å²) in [7, 11) is 0. The average molecular weight is 399 g/mol. The highest BCUT2D eigenvalue weighted by Gasteiger charge is 2.35. The van der Waals surface area contributed by atoms with Crippen LogP contribution in [0.15, 0.2) is 54.8 Å². The molecule has 0 saturated carbocycles. The number of amides is 3. The largest absolute Gasteiger partial charge is 0.504 e. The van der Waals surface area contributed by atoms with Crippen molar-refractivity contribution in [2.24, 2.45) is 0 Å². The molecule has 0 aromatic heterocycles. The highest BCUT2D eigenvalue weighted by molar-refractivity contribution is 6.32. The fraction of sp³-hybridized carbons (Fsp3) is 0.143. The van der Waals surface area contributed by atoms with Crippen LogP contribution in [0.2, 0.25) is 5.02 Å². The third kappa shape index (κ3) is 3.87. The van der Waals surface area contributed by atoms with Crippen LogP contribution in [0.3, 0.4) is 0 Å². The van der Waals surface area contributed by atoms with Crippen LogP contribution >= 0.6 is 11.6 Å². The van der Waals surface area contributed by atoms with Gasteiger partial charge in [-0.2, -0.15) is 0 Å². The van der Waals surface area contributed by atoms with Gasteiger partial charge >= 0.3 is 6.03 Å². The third-order valence-electron chi connectivity index (χ3n) is 4.10. The number of phenolic OH excluding ortho intramolecular Hbond substituents is 1. The predicted molar refractivity (Wildman–Crippen MR) is 109 cm³/mol. The van der Waals surface area contributed by atoms with Gasteiger partial charge in [-0.3, -0.25) is 4.79 Å². The molecule has 0 bridgehead atoms. The summed E-state index contributed by atoms with van der Waals surface area (Å²) in [5.74, 6) is -0.160. The average Bonchev–Trinajstić information content (AvgIpc) is 2.92. The van der Waals surface area contributed by atoms with E-state index in [-0.39, 0.29) is 11.4 Å². The number of hydrogen-bond acceptors (Lipinski definition) is 4. The van der Waals surface area contributed by atoms with Gasteiger partial charge < -0.3 is 15.2 Å². The van der Waals surface area contributed by atoms with Gasteiger partial charge in [0, 0.05) is 10.6 Å². The lowest BCUT2D eigenvalue weighted by Crippen LogP contribution is -2.30.